The van der Waals surface area contributed by atoms with Crippen molar-refractivity contribution < 1.29 is 4.79 Å². The number of amides is 1. The van der Waals surface area contributed by atoms with E-state index in [4.69, 9.17) is 0 Å². The maximum Gasteiger partial charge on any atom is 0.226 e. The highest BCUT2D eigenvalue weighted by molar-refractivity contribution is 5.95. The number of aromatic nitrogens is 7. The highest BCUT2D eigenvalue weighted by Crippen LogP contribution is 2.39. The molecule has 1 atom stereocenters. The lowest BCUT2D eigenvalue weighted by Gasteiger charge is -2.24. The molecule has 0 fully saturated rings. The van der Waals surface area contributed by atoms with Gasteiger partial charge in [0.2, 0.25) is 5.91 Å². The van der Waals surface area contributed by atoms with Crippen molar-refractivity contribution in [1.29, 1.82) is 0 Å². The first-order valence-electron chi connectivity index (χ1n) is 8.17. The van der Waals surface area contributed by atoms with Crippen molar-refractivity contribution in [3.63, 3.8) is 0 Å². The largest absolute Gasteiger partial charge is 0.310 e. The molecule has 0 bridgehead atoms. The summed E-state index contributed by atoms with van der Waals surface area (Å²) < 4.78 is 3.24. The summed E-state index contributed by atoms with van der Waals surface area (Å²) in [5.74, 6) is 1.12. The highest BCUT2D eigenvalue weighted by Gasteiger charge is 2.32. The fourth-order valence-corrected chi connectivity index (χ4v) is 3.42. The quantitative estimate of drug-likeness (QED) is 0.590. The normalized spacial score (nSPS) is 16.5. The molecule has 128 valence electrons. The van der Waals surface area contributed by atoms with Gasteiger partial charge in [-0.15, -0.1) is 15.3 Å². The molecule has 0 radical (unpaired) electrons. The minimum absolute atomic E-state index is 0.0502. The summed E-state index contributed by atoms with van der Waals surface area (Å²) in [5, 5.41) is 19.9. The lowest BCUT2D eigenvalue weighted by Crippen LogP contribution is -2.25. The number of carbonyl (C=O) groups excluding carboxylic acids is 1. The van der Waals surface area contributed by atoms with E-state index in [-0.39, 0.29) is 11.8 Å². The number of hydrogen-bond donors (Lipinski definition) is 1. The van der Waals surface area contributed by atoms with Gasteiger partial charge in [0.25, 0.3) is 0 Å². The van der Waals surface area contributed by atoms with Gasteiger partial charge in [0.15, 0.2) is 11.5 Å². The summed E-state index contributed by atoms with van der Waals surface area (Å²) >= 11 is 0. The standard InChI is InChI=1S/C17H14N8O/c1-10-16-12(11-4-6-18-7-5-11)8-15(26)20-17(16)25(22-10)14-3-2-13-21-19-9-24(13)23-14/h2-7,9,12H,8H2,1H3,(H,20,26)/t12-/m1/s1. The van der Waals surface area contributed by atoms with E-state index in [0.29, 0.717) is 23.7 Å². The van der Waals surface area contributed by atoms with Crippen LogP contribution in [0.3, 0.4) is 0 Å². The third-order valence-corrected chi connectivity index (χ3v) is 4.58. The molecule has 1 amide bonds. The van der Waals surface area contributed by atoms with Crippen molar-refractivity contribution in [2.45, 2.75) is 19.3 Å². The van der Waals surface area contributed by atoms with Gasteiger partial charge in [-0.3, -0.25) is 9.78 Å². The van der Waals surface area contributed by atoms with Gasteiger partial charge in [-0.05, 0) is 36.8 Å². The van der Waals surface area contributed by atoms with Crippen molar-refractivity contribution in [2.24, 2.45) is 0 Å². The Morgan fingerprint density at radius 1 is 1.15 bits per heavy atom. The van der Waals surface area contributed by atoms with Crippen LogP contribution in [0.15, 0.2) is 43.0 Å². The van der Waals surface area contributed by atoms with Crippen LogP contribution in [0.2, 0.25) is 0 Å². The van der Waals surface area contributed by atoms with Crippen molar-refractivity contribution in [3.05, 3.63) is 59.8 Å². The maximum atomic E-state index is 12.4. The second-order valence-corrected chi connectivity index (χ2v) is 6.17. The number of nitrogens with one attached hydrogen (secondary N) is 1. The van der Waals surface area contributed by atoms with Crippen LogP contribution in [0.5, 0.6) is 0 Å². The molecule has 4 aromatic rings. The molecule has 9 nitrogen and oxygen atoms in total. The Morgan fingerprint density at radius 2 is 2.00 bits per heavy atom. The van der Waals surface area contributed by atoms with Gasteiger partial charge in [0, 0.05) is 30.3 Å². The molecule has 0 aromatic carbocycles. The van der Waals surface area contributed by atoms with E-state index in [1.807, 2.05) is 25.1 Å². The number of aryl methyl sites for hydroxylation is 1. The van der Waals surface area contributed by atoms with Gasteiger partial charge in [0.05, 0.1) is 5.69 Å². The third kappa shape index (κ3) is 2.17. The summed E-state index contributed by atoms with van der Waals surface area (Å²) in [4.78, 5) is 16.4. The van der Waals surface area contributed by atoms with Gasteiger partial charge in [-0.2, -0.15) is 14.3 Å². The lowest BCUT2D eigenvalue weighted by atomic mass is 9.86. The van der Waals surface area contributed by atoms with Crippen molar-refractivity contribution >= 4 is 17.4 Å². The number of rotatable bonds is 2. The monoisotopic (exact) mass is 346 g/mol. The molecular weight excluding hydrogens is 332 g/mol. The first kappa shape index (κ1) is 14.7. The number of carbonyl (C=O) groups is 1. The van der Waals surface area contributed by atoms with Gasteiger partial charge >= 0.3 is 0 Å². The SMILES string of the molecule is Cc1nn(-c2ccc3nncn3n2)c2c1[C@@H](c1ccncc1)CC(=O)N2. The third-order valence-electron chi connectivity index (χ3n) is 4.58. The Balaban J connectivity index is 1.69. The Labute approximate surface area is 147 Å². The summed E-state index contributed by atoms with van der Waals surface area (Å²) in [5.41, 5.74) is 3.54. The fourth-order valence-electron chi connectivity index (χ4n) is 3.42. The van der Waals surface area contributed by atoms with Crippen LogP contribution in [0.4, 0.5) is 5.82 Å². The Kier molecular flexibility index (Phi) is 3.08. The Morgan fingerprint density at radius 3 is 2.85 bits per heavy atom. The van der Waals surface area contributed by atoms with Crippen LogP contribution >= 0.6 is 0 Å². The Bertz CT molecular complexity index is 1130. The zero-order valence-electron chi connectivity index (χ0n) is 13.9. The number of hydrogen-bond acceptors (Lipinski definition) is 6. The lowest BCUT2D eigenvalue weighted by molar-refractivity contribution is -0.116. The predicted octanol–water partition coefficient (Wildman–Crippen LogP) is 1.49. The second-order valence-electron chi connectivity index (χ2n) is 6.17. The minimum Gasteiger partial charge on any atom is -0.310 e. The zero-order valence-corrected chi connectivity index (χ0v) is 13.9. The average Bonchev–Trinajstić information content (AvgIpc) is 3.25. The van der Waals surface area contributed by atoms with E-state index in [1.165, 1.54) is 6.33 Å². The van der Waals surface area contributed by atoms with Gasteiger partial charge < -0.3 is 5.32 Å². The van der Waals surface area contributed by atoms with Crippen molar-refractivity contribution in [3.8, 4) is 5.82 Å². The first-order valence-corrected chi connectivity index (χ1v) is 8.17. The molecule has 1 aliphatic heterocycles. The zero-order chi connectivity index (χ0) is 17.7. The molecule has 0 aliphatic carbocycles. The van der Waals surface area contributed by atoms with Gasteiger partial charge in [0.1, 0.15) is 12.1 Å². The molecule has 0 saturated carbocycles. The number of pyridine rings is 1. The molecule has 1 aliphatic rings. The molecule has 9 heteroatoms. The van der Waals surface area contributed by atoms with E-state index < -0.39 is 0 Å². The van der Waals surface area contributed by atoms with E-state index >= 15 is 0 Å². The molecule has 1 N–H and O–H groups in total. The molecule has 26 heavy (non-hydrogen) atoms. The van der Waals surface area contributed by atoms with Crippen LogP contribution in [-0.2, 0) is 4.79 Å². The molecule has 5 heterocycles. The topological polar surface area (TPSA) is 103 Å². The fraction of sp³-hybridized carbons (Fsp3) is 0.176. The Hall–Kier alpha value is -3.62. The van der Waals surface area contributed by atoms with Crippen LogP contribution in [0.1, 0.15) is 29.2 Å². The predicted molar refractivity (Wildman–Crippen MR) is 92.0 cm³/mol. The highest BCUT2D eigenvalue weighted by atomic mass is 16.1. The maximum absolute atomic E-state index is 12.4. The second kappa shape index (κ2) is 5.45. The number of nitrogens with zero attached hydrogens (tertiary/aromatic N) is 7. The number of fused-ring (bicyclic) bond motifs is 2. The molecule has 0 unspecified atom stereocenters. The van der Waals surface area contributed by atoms with Crippen LogP contribution < -0.4 is 5.32 Å². The summed E-state index contributed by atoms with van der Waals surface area (Å²) in [6.45, 7) is 1.94. The van der Waals surface area contributed by atoms with Crippen LogP contribution in [0, 0.1) is 6.92 Å². The van der Waals surface area contributed by atoms with Crippen molar-refractivity contribution in [2.75, 3.05) is 5.32 Å². The smallest absolute Gasteiger partial charge is 0.226 e. The van der Waals surface area contributed by atoms with Gasteiger partial charge in [-0.25, -0.2) is 0 Å². The van der Waals surface area contributed by atoms with Crippen LogP contribution in [-0.4, -0.2) is 40.5 Å². The van der Waals surface area contributed by atoms with Gasteiger partial charge in [-0.1, -0.05) is 0 Å². The molecule has 5 rings (SSSR count). The van der Waals surface area contributed by atoms with E-state index in [0.717, 1.165) is 16.8 Å². The molecule has 0 saturated heterocycles. The van der Waals surface area contributed by atoms with Crippen LogP contribution in [0.25, 0.3) is 11.5 Å². The molecular formula is C17H14N8O. The number of anilines is 1. The summed E-state index contributed by atoms with van der Waals surface area (Å²) in [7, 11) is 0. The molecule has 4 aromatic heterocycles. The molecule has 0 spiro atoms. The first-order chi connectivity index (χ1) is 12.7. The van der Waals surface area contributed by atoms with E-state index in [1.54, 1.807) is 27.7 Å². The average molecular weight is 346 g/mol. The van der Waals surface area contributed by atoms with Crippen molar-refractivity contribution in [1.82, 2.24) is 34.6 Å². The minimum atomic E-state index is -0.0610. The summed E-state index contributed by atoms with van der Waals surface area (Å²) in [6.07, 6.45) is 5.38. The van der Waals surface area contributed by atoms with E-state index in [2.05, 4.69) is 30.7 Å². The van der Waals surface area contributed by atoms with E-state index in [9.17, 15) is 4.79 Å². The summed E-state index contributed by atoms with van der Waals surface area (Å²) in [6, 6.07) is 7.49.